The smallest absolute Gasteiger partial charge is 0.257 e. The van der Waals surface area contributed by atoms with Crippen LogP contribution in [0, 0.1) is 6.92 Å². The second-order valence-corrected chi connectivity index (χ2v) is 10.9. The first-order chi connectivity index (χ1) is 18.3. The summed E-state index contributed by atoms with van der Waals surface area (Å²) in [6.07, 6.45) is 2.64. The van der Waals surface area contributed by atoms with Crippen molar-refractivity contribution in [3.05, 3.63) is 69.2 Å². The van der Waals surface area contributed by atoms with Crippen molar-refractivity contribution in [1.29, 1.82) is 0 Å². The van der Waals surface area contributed by atoms with Gasteiger partial charge in [0.2, 0.25) is 5.91 Å². The molecule has 3 fully saturated rings. The second kappa shape index (κ2) is 11.2. The molecule has 3 heterocycles. The number of halogens is 2. The number of nitrogens with one attached hydrogen (secondary N) is 1. The molecule has 3 saturated heterocycles. The maximum atomic E-state index is 14.0. The number of amides is 3. The summed E-state index contributed by atoms with van der Waals surface area (Å²) < 4.78 is 11.9. The number of hydrogen-bond donors (Lipinski definition) is 1. The maximum absolute atomic E-state index is 14.0. The summed E-state index contributed by atoms with van der Waals surface area (Å²) in [5.74, 6) is -0.671. The fraction of sp³-hybridized carbons (Fsp3) is 0.464. The van der Waals surface area contributed by atoms with E-state index in [0.717, 1.165) is 18.4 Å². The van der Waals surface area contributed by atoms with E-state index in [9.17, 15) is 14.4 Å². The van der Waals surface area contributed by atoms with Crippen LogP contribution in [0.4, 0.5) is 0 Å². The zero-order valence-corrected chi connectivity index (χ0v) is 22.8. The Kier molecular flexibility index (Phi) is 7.95. The Morgan fingerprint density at radius 2 is 1.82 bits per heavy atom. The van der Waals surface area contributed by atoms with Crippen LogP contribution in [-0.2, 0) is 14.3 Å². The molecule has 2 aromatic carbocycles. The van der Waals surface area contributed by atoms with Gasteiger partial charge in [0.25, 0.3) is 11.8 Å². The fourth-order valence-electron chi connectivity index (χ4n) is 5.52. The molecular weight excluding hydrogens is 529 g/mol. The topological polar surface area (TPSA) is 88.2 Å². The minimum absolute atomic E-state index is 0.00799. The average Bonchev–Trinajstić information content (AvgIpc) is 3.57. The minimum atomic E-state index is -0.986. The van der Waals surface area contributed by atoms with Gasteiger partial charge in [-0.05, 0) is 49.6 Å². The van der Waals surface area contributed by atoms with E-state index in [1.54, 1.807) is 34.1 Å². The lowest BCUT2D eigenvalue weighted by molar-refractivity contribution is -0.128. The Balaban J connectivity index is 1.35. The van der Waals surface area contributed by atoms with E-state index in [1.807, 2.05) is 25.1 Å². The Morgan fingerprint density at radius 1 is 1.05 bits per heavy atom. The van der Waals surface area contributed by atoms with E-state index < -0.39 is 11.8 Å². The number of nitrogens with zero attached hydrogens (tertiary/aromatic N) is 2. The minimum Gasteiger partial charge on any atom is -0.376 e. The number of ether oxygens (including phenoxy) is 2. The van der Waals surface area contributed by atoms with E-state index in [2.05, 4.69) is 5.32 Å². The molecule has 8 nitrogen and oxygen atoms in total. The molecule has 3 amide bonds. The Hall–Kier alpha value is -2.65. The maximum Gasteiger partial charge on any atom is 0.257 e. The number of aryl methyl sites for hydroxylation is 1. The van der Waals surface area contributed by atoms with Crippen LogP contribution in [0.25, 0.3) is 0 Å². The van der Waals surface area contributed by atoms with Gasteiger partial charge in [-0.2, -0.15) is 0 Å². The van der Waals surface area contributed by atoms with E-state index >= 15 is 0 Å². The highest BCUT2D eigenvalue weighted by atomic mass is 35.5. The zero-order valence-electron chi connectivity index (χ0n) is 21.3. The molecule has 0 saturated carbocycles. The van der Waals surface area contributed by atoms with E-state index in [4.69, 9.17) is 32.7 Å². The van der Waals surface area contributed by atoms with Crippen molar-refractivity contribution < 1.29 is 23.9 Å². The molecule has 3 aliphatic heterocycles. The molecule has 0 aromatic heterocycles. The lowest BCUT2D eigenvalue weighted by Gasteiger charge is -2.44. The standard InChI is InChI=1S/C28H31Cl2N3O5/c1-18-5-2-3-7-21(18)27(36)33-24(25(34)31-16-20-6-4-14-37-20)17-38-28(33)10-12-32(13-11-28)26(35)19-8-9-22(29)23(30)15-19/h2-3,5,7-9,15,20,24H,4,6,10-14,16-17H2,1H3,(H,31,34). The van der Waals surface area contributed by atoms with Crippen molar-refractivity contribution in [2.24, 2.45) is 0 Å². The molecule has 0 aliphatic carbocycles. The summed E-state index contributed by atoms with van der Waals surface area (Å²) in [6.45, 7) is 3.80. The molecule has 0 radical (unpaired) electrons. The van der Waals surface area contributed by atoms with Crippen molar-refractivity contribution >= 4 is 40.9 Å². The van der Waals surface area contributed by atoms with Crippen LogP contribution >= 0.6 is 23.2 Å². The molecule has 38 heavy (non-hydrogen) atoms. The Morgan fingerprint density at radius 3 is 2.50 bits per heavy atom. The quantitative estimate of drug-likeness (QED) is 0.596. The van der Waals surface area contributed by atoms with Gasteiger partial charge in [-0.3, -0.25) is 19.3 Å². The number of carbonyl (C=O) groups is 3. The predicted octanol–water partition coefficient (Wildman–Crippen LogP) is 4.07. The van der Waals surface area contributed by atoms with Crippen molar-refractivity contribution in [3.63, 3.8) is 0 Å². The van der Waals surface area contributed by atoms with Gasteiger partial charge in [0.1, 0.15) is 11.8 Å². The number of carbonyl (C=O) groups excluding carboxylic acids is 3. The molecule has 5 rings (SSSR count). The first-order valence-corrected chi connectivity index (χ1v) is 13.7. The van der Waals surface area contributed by atoms with E-state index in [1.165, 1.54) is 0 Å². The van der Waals surface area contributed by atoms with Gasteiger partial charge in [0.05, 0.1) is 22.8 Å². The normalized spacial score (nSPS) is 22.6. The van der Waals surface area contributed by atoms with Gasteiger partial charge < -0.3 is 19.7 Å². The van der Waals surface area contributed by atoms with Crippen molar-refractivity contribution in [2.75, 3.05) is 32.8 Å². The third-order valence-corrected chi connectivity index (χ3v) is 8.42. The third-order valence-electron chi connectivity index (χ3n) is 7.68. The molecule has 2 aromatic rings. The monoisotopic (exact) mass is 559 g/mol. The van der Waals surface area contributed by atoms with E-state index in [0.29, 0.717) is 60.3 Å². The van der Waals surface area contributed by atoms with Crippen molar-refractivity contribution in [2.45, 2.75) is 50.5 Å². The molecule has 202 valence electrons. The molecule has 2 atom stereocenters. The highest BCUT2D eigenvalue weighted by molar-refractivity contribution is 6.42. The molecule has 0 bridgehead atoms. The average molecular weight is 560 g/mol. The van der Waals surface area contributed by atoms with Crippen LogP contribution in [0.1, 0.15) is 52.0 Å². The van der Waals surface area contributed by atoms with Crippen LogP contribution in [0.15, 0.2) is 42.5 Å². The van der Waals surface area contributed by atoms with Gasteiger partial charge in [-0.1, -0.05) is 41.4 Å². The number of hydrogen-bond acceptors (Lipinski definition) is 5. The summed E-state index contributed by atoms with van der Waals surface area (Å²) in [5.41, 5.74) is 0.815. The largest absolute Gasteiger partial charge is 0.376 e. The zero-order chi connectivity index (χ0) is 26.9. The van der Waals surface area contributed by atoms with Crippen LogP contribution < -0.4 is 5.32 Å². The summed E-state index contributed by atoms with van der Waals surface area (Å²) in [6, 6.07) is 11.4. The van der Waals surface area contributed by atoms with Crippen LogP contribution in [0.5, 0.6) is 0 Å². The number of rotatable bonds is 5. The van der Waals surface area contributed by atoms with Crippen LogP contribution in [0.2, 0.25) is 10.0 Å². The number of benzene rings is 2. The van der Waals surface area contributed by atoms with Gasteiger partial charge >= 0.3 is 0 Å². The third kappa shape index (κ3) is 5.27. The molecule has 1 spiro atoms. The van der Waals surface area contributed by atoms with Crippen LogP contribution in [-0.4, -0.2) is 78.2 Å². The summed E-state index contributed by atoms with van der Waals surface area (Å²) in [4.78, 5) is 43.8. The fourth-order valence-corrected chi connectivity index (χ4v) is 5.82. The number of likely N-dealkylation sites (tertiary alicyclic amines) is 1. The summed E-state index contributed by atoms with van der Waals surface area (Å²) >= 11 is 12.1. The summed E-state index contributed by atoms with van der Waals surface area (Å²) in [7, 11) is 0. The SMILES string of the molecule is Cc1ccccc1C(=O)N1C(C(=O)NCC2CCCO2)COC12CCN(C(=O)c1ccc(Cl)c(Cl)c1)CC2. The molecule has 2 unspecified atom stereocenters. The molecular formula is C28H31Cl2N3O5. The molecule has 1 N–H and O–H groups in total. The van der Waals surface area contributed by atoms with E-state index in [-0.39, 0.29) is 30.4 Å². The highest BCUT2D eigenvalue weighted by Crippen LogP contribution is 2.39. The predicted molar refractivity (Wildman–Crippen MR) is 143 cm³/mol. The molecule has 3 aliphatic rings. The Bertz CT molecular complexity index is 1220. The van der Waals surface area contributed by atoms with Crippen molar-refractivity contribution in [1.82, 2.24) is 15.1 Å². The lowest BCUT2D eigenvalue weighted by atomic mass is 9.95. The van der Waals surface area contributed by atoms with Gasteiger partial charge in [-0.15, -0.1) is 0 Å². The Labute approximate surface area is 232 Å². The first-order valence-electron chi connectivity index (χ1n) is 13.0. The lowest BCUT2D eigenvalue weighted by Crippen LogP contribution is -2.60. The van der Waals surface area contributed by atoms with Crippen molar-refractivity contribution in [3.8, 4) is 0 Å². The van der Waals surface area contributed by atoms with Gasteiger partial charge in [0, 0.05) is 50.2 Å². The highest BCUT2D eigenvalue weighted by Gasteiger charge is 2.54. The second-order valence-electron chi connectivity index (χ2n) is 10.1. The van der Waals surface area contributed by atoms with Crippen LogP contribution in [0.3, 0.4) is 0 Å². The first kappa shape index (κ1) is 26.9. The summed E-state index contributed by atoms with van der Waals surface area (Å²) in [5, 5.41) is 3.67. The molecule has 10 heteroatoms. The van der Waals surface area contributed by atoms with Gasteiger partial charge in [-0.25, -0.2) is 0 Å². The van der Waals surface area contributed by atoms with Gasteiger partial charge in [0.15, 0.2) is 0 Å². The number of piperidine rings is 1.